The van der Waals surface area contributed by atoms with Gasteiger partial charge in [-0.05, 0) is 43.9 Å². The summed E-state index contributed by atoms with van der Waals surface area (Å²) in [5.41, 5.74) is 2.87. The number of ether oxygens (including phenoxy) is 1. The van der Waals surface area contributed by atoms with Crippen LogP contribution in [0.25, 0.3) is 0 Å². The van der Waals surface area contributed by atoms with E-state index in [-0.39, 0.29) is 24.3 Å². The lowest BCUT2D eigenvalue weighted by atomic mass is 10.1. The Kier molecular flexibility index (Phi) is 5.75. The fourth-order valence-corrected chi connectivity index (χ4v) is 3.81. The second-order valence-electron chi connectivity index (χ2n) is 6.45. The van der Waals surface area contributed by atoms with Gasteiger partial charge in [-0.3, -0.25) is 14.6 Å². The molecule has 2 N–H and O–H groups in total. The maximum Gasteiger partial charge on any atom is 0.240 e. The Balaban J connectivity index is 1.53. The molecule has 7 heteroatoms. The highest BCUT2D eigenvalue weighted by Gasteiger charge is 2.32. The molecule has 0 saturated carbocycles. The molecule has 6 nitrogen and oxygen atoms in total. The quantitative estimate of drug-likeness (QED) is 0.844. The maximum atomic E-state index is 12.3. The van der Waals surface area contributed by atoms with Crippen molar-refractivity contribution in [1.82, 2.24) is 5.32 Å². The number of carbonyl (C=O) groups is 2. The number of rotatable bonds is 5. The van der Waals surface area contributed by atoms with E-state index in [2.05, 4.69) is 15.6 Å². The van der Waals surface area contributed by atoms with Gasteiger partial charge in [0.25, 0.3) is 0 Å². The van der Waals surface area contributed by atoms with Crippen LogP contribution in [0.2, 0.25) is 0 Å². The molecular weight excluding hydrogens is 338 g/mol. The minimum atomic E-state index is -0.437. The lowest BCUT2D eigenvalue weighted by Crippen LogP contribution is -2.28. The van der Waals surface area contributed by atoms with Crippen LogP contribution in [-0.4, -0.2) is 41.5 Å². The van der Waals surface area contributed by atoms with E-state index in [9.17, 15) is 9.59 Å². The minimum Gasteiger partial charge on any atom is -0.376 e. The highest BCUT2D eigenvalue weighted by molar-refractivity contribution is 8.15. The number of aliphatic imine (C=N–C) groups is 1. The molecule has 2 amide bonds. The molecule has 1 aromatic carbocycles. The zero-order chi connectivity index (χ0) is 17.8. The van der Waals surface area contributed by atoms with E-state index in [1.807, 2.05) is 32.0 Å². The molecule has 0 radical (unpaired) electrons. The third-order valence-corrected chi connectivity index (χ3v) is 5.40. The molecule has 2 aliphatic heterocycles. The second kappa shape index (κ2) is 8.01. The van der Waals surface area contributed by atoms with Crippen molar-refractivity contribution in [3.8, 4) is 0 Å². The van der Waals surface area contributed by atoms with E-state index in [1.54, 1.807) is 0 Å². The van der Waals surface area contributed by atoms with Crippen LogP contribution in [0.1, 0.15) is 30.4 Å². The van der Waals surface area contributed by atoms with Crippen molar-refractivity contribution in [3.05, 3.63) is 29.3 Å². The molecule has 2 atom stereocenters. The lowest BCUT2D eigenvalue weighted by Gasteiger charge is -2.10. The molecule has 2 saturated heterocycles. The van der Waals surface area contributed by atoms with E-state index >= 15 is 0 Å². The second-order valence-corrected chi connectivity index (χ2v) is 7.64. The number of thioether (sulfide) groups is 1. The summed E-state index contributed by atoms with van der Waals surface area (Å²) in [6.45, 7) is 5.27. The Labute approximate surface area is 151 Å². The maximum absolute atomic E-state index is 12.3. The van der Waals surface area contributed by atoms with E-state index < -0.39 is 5.25 Å². The SMILES string of the molecule is Cc1ccc(C)c(NC(=O)C[C@H]2SC(=NC[C@@H]3CCCO3)NC2=O)c1. The molecule has 3 rings (SSSR count). The van der Waals surface area contributed by atoms with Gasteiger partial charge in [0.2, 0.25) is 11.8 Å². The van der Waals surface area contributed by atoms with Crippen LogP contribution >= 0.6 is 11.8 Å². The first-order chi connectivity index (χ1) is 12.0. The summed E-state index contributed by atoms with van der Waals surface area (Å²) < 4.78 is 5.53. The number of nitrogens with one attached hydrogen (secondary N) is 2. The van der Waals surface area contributed by atoms with Crippen molar-refractivity contribution in [2.24, 2.45) is 4.99 Å². The minimum absolute atomic E-state index is 0.128. The smallest absolute Gasteiger partial charge is 0.240 e. The summed E-state index contributed by atoms with van der Waals surface area (Å²) in [5.74, 6) is -0.325. The van der Waals surface area contributed by atoms with Gasteiger partial charge in [-0.1, -0.05) is 23.9 Å². The van der Waals surface area contributed by atoms with Crippen LogP contribution in [0.15, 0.2) is 23.2 Å². The summed E-state index contributed by atoms with van der Waals surface area (Å²) in [6.07, 6.45) is 2.35. The first-order valence-corrected chi connectivity index (χ1v) is 9.40. The predicted molar refractivity (Wildman–Crippen MR) is 100.0 cm³/mol. The molecule has 2 fully saturated rings. The van der Waals surface area contributed by atoms with Crippen molar-refractivity contribution >= 4 is 34.4 Å². The average molecular weight is 361 g/mol. The zero-order valence-corrected chi connectivity index (χ0v) is 15.3. The fourth-order valence-electron chi connectivity index (χ4n) is 2.83. The first-order valence-electron chi connectivity index (χ1n) is 8.52. The van der Waals surface area contributed by atoms with Gasteiger partial charge in [0.1, 0.15) is 5.25 Å². The van der Waals surface area contributed by atoms with Gasteiger partial charge in [-0.15, -0.1) is 0 Å². The van der Waals surface area contributed by atoms with Gasteiger partial charge >= 0.3 is 0 Å². The summed E-state index contributed by atoms with van der Waals surface area (Å²) >= 11 is 1.32. The number of hydrogen-bond donors (Lipinski definition) is 2. The van der Waals surface area contributed by atoms with Gasteiger partial charge in [0.15, 0.2) is 5.17 Å². The number of aryl methyl sites for hydroxylation is 2. The summed E-state index contributed by atoms with van der Waals surface area (Å²) in [4.78, 5) is 28.8. The number of anilines is 1. The Bertz CT molecular complexity index is 699. The molecule has 2 heterocycles. The number of carbonyl (C=O) groups excluding carboxylic acids is 2. The molecule has 1 aromatic rings. The van der Waals surface area contributed by atoms with Crippen molar-refractivity contribution in [2.45, 2.75) is 44.5 Å². The molecule has 25 heavy (non-hydrogen) atoms. The molecule has 0 aromatic heterocycles. The summed E-state index contributed by atoms with van der Waals surface area (Å²) in [5, 5.41) is 5.81. The highest BCUT2D eigenvalue weighted by atomic mass is 32.2. The highest BCUT2D eigenvalue weighted by Crippen LogP contribution is 2.24. The van der Waals surface area contributed by atoms with Gasteiger partial charge in [0, 0.05) is 18.7 Å². The topological polar surface area (TPSA) is 79.8 Å². The van der Waals surface area contributed by atoms with E-state index in [4.69, 9.17) is 4.74 Å². The van der Waals surface area contributed by atoms with E-state index in [1.165, 1.54) is 11.8 Å². The van der Waals surface area contributed by atoms with Crippen LogP contribution in [0, 0.1) is 13.8 Å². The van der Waals surface area contributed by atoms with E-state index in [0.29, 0.717) is 11.7 Å². The normalized spacial score (nSPS) is 24.6. The third kappa shape index (κ3) is 4.83. The Morgan fingerprint density at radius 1 is 1.44 bits per heavy atom. The van der Waals surface area contributed by atoms with Crippen LogP contribution in [0.5, 0.6) is 0 Å². The first kappa shape index (κ1) is 17.9. The molecule has 134 valence electrons. The summed E-state index contributed by atoms with van der Waals surface area (Å²) in [7, 11) is 0. The van der Waals surface area contributed by atoms with Crippen molar-refractivity contribution in [2.75, 3.05) is 18.5 Å². The number of hydrogen-bond acceptors (Lipinski definition) is 5. The van der Waals surface area contributed by atoms with Crippen LogP contribution < -0.4 is 10.6 Å². The average Bonchev–Trinajstić information content (AvgIpc) is 3.19. The van der Waals surface area contributed by atoms with Gasteiger partial charge < -0.3 is 15.4 Å². The fraction of sp³-hybridized carbons (Fsp3) is 0.500. The Hall–Kier alpha value is -1.86. The number of amidine groups is 1. The monoisotopic (exact) mass is 361 g/mol. The standard InChI is InChI=1S/C18H23N3O3S/c1-11-5-6-12(2)14(8-11)20-16(22)9-15-17(23)21-18(25-15)19-10-13-4-3-7-24-13/h5-6,8,13,15H,3-4,7,9-10H2,1-2H3,(H,20,22)(H,19,21,23)/t13-,15+/m0/s1. The van der Waals surface area contributed by atoms with Crippen molar-refractivity contribution in [3.63, 3.8) is 0 Å². The summed E-state index contributed by atoms with van der Waals surface area (Å²) in [6, 6.07) is 5.91. The predicted octanol–water partition coefficient (Wildman–Crippen LogP) is 2.40. The Morgan fingerprint density at radius 3 is 3.04 bits per heavy atom. The third-order valence-electron chi connectivity index (χ3n) is 4.28. The molecule has 2 aliphatic rings. The molecular formula is C18H23N3O3S. The van der Waals surface area contributed by atoms with Gasteiger partial charge in [-0.2, -0.15) is 0 Å². The van der Waals surface area contributed by atoms with Crippen LogP contribution in [0.3, 0.4) is 0 Å². The van der Waals surface area contributed by atoms with Crippen molar-refractivity contribution in [1.29, 1.82) is 0 Å². The zero-order valence-electron chi connectivity index (χ0n) is 14.5. The molecule has 0 bridgehead atoms. The van der Waals surface area contributed by atoms with Gasteiger partial charge in [-0.25, -0.2) is 0 Å². The number of benzene rings is 1. The Morgan fingerprint density at radius 2 is 2.28 bits per heavy atom. The number of nitrogens with zero attached hydrogens (tertiary/aromatic N) is 1. The lowest BCUT2D eigenvalue weighted by molar-refractivity contribution is -0.122. The van der Waals surface area contributed by atoms with Crippen LogP contribution in [0.4, 0.5) is 5.69 Å². The van der Waals surface area contributed by atoms with E-state index in [0.717, 1.165) is 36.3 Å². The molecule has 0 unspecified atom stereocenters. The largest absolute Gasteiger partial charge is 0.376 e. The molecule has 0 aliphatic carbocycles. The van der Waals surface area contributed by atoms with Gasteiger partial charge in [0.05, 0.1) is 12.6 Å². The van der Waals surface area contributed by atoms with Crippen molar-refractivity contribution < 1.29 is 14.3 Å². The number of amides is 2. The molecule has 0 spiro atoms. The van der Waals surface area contributed by atoms with Crippen LogP contribution in [-0.2, 0) is 14.3 Å².